The van der Waals surface area contributed by atoms with E-state index in [1.807, 2.05) is 25.5 Å². The van der Waals surface area contributed by atoms with Gasteiger partial charge in [-0.25, -0.2) is 0 Å². The molecule has 2 nitrogen and oxygen atoms in total. The first kappa shape index (κ1) is 11.4. The van der Waals surface area contributed by atoms with Gasteiger partial charge in [0.2, 0.25) is 0 Å². The second kappa shape index (κ2) is 4.91. The van der Waals surface area contributed by atoms with Gasteiger partial charge in [-0.15, -0.1) is 0 Å². The topological polar surface area (TPSA) is 24.9 Å². The molecule has 0 spiro atoms. The van der Waals surface area contributed by atoms with Crippen molar-refractivity contribution >= 4 is 0 Å². The number of fused-ring (bicyclic) bond motifs is 1. The number of rotatable bonds is 3. The Hall–Kier alpha value is -1.67. The predicted octanol–water partition coefficient (Wildman–Crippen LogP) is 2.76. The number of nitrogens with zero attached hydrogens (tertiary/aromatic N) is 1. The molecule has 1 N–H and O–H groups in total. The Kier molecular flexibility index (Phi) is 3.11. The van der Waals surface area contributed by atoms with Crippen molar-refractivity contribution in [1.29, 1.82) is 0 Å². The quantitative estimate of drug-likeness (QED) is 0.889. The highest BCUT2D eigenvalue weighted by Crippen LogP contribution is 2.34. The van der Waals surface area contributed by atoms with Gasteiger partial charge in [-0.2, -0.15) is 0 Å². The maximum Gasteiger partial charge on any atom is 0.0367 e. The molecular formula is C16H18N2. The molecule has 0 saturated heterocycles. The van der Waals surface area contributed by atoms with E-state index in [2.05, 4.69) is 40.6 Å². The van der Waals surface area contributed by atoms with Gasteiger partial charge in [0.1, 0.15) is 0 Å². The summed E-state index contributed by atoms with van der Waals surface area (Å²) in [6, 6.07) is 13.4. The van der Waals surface area contributed by atoms with Crippen LogP contribution in [0.2, 0.25) is 0 Å². The smallest absolute Gasteiger partial charge is 0.0367 e. The minimum atomic E-state index is 0.395. The molecule has 1 heterocycles. The number of hydrogen-bond donors (Lipinski definition) is 1. The number of aromatic nitrogens is 1. The summed E-state index contributed by atoms with van der Waals surface area (Å²) < 4.78 is 0. The Morgan fingerprint density at radius 2 is 1.83 bits per heavy atom. The third-order valence-corrected chi connectivity index (χ3v) is 3.91. The fourth-order valence-corrected chi connectivity index (χ4v) is 3.06. The van der Waals surface area contributed by atoms with E-state index in [9.17, 15) is 0 Å². The predicted molar refractivity (Wildman–Crippen MR) is 73.4 cm³/mol. The van der Waals surface area contributed by atoms with Gasteiger partial charge >= 0.3 is 0 Å². The van der Waals surface area contributed by atoms with Crippen LogP contribution in [0.4, 0.5) is 0 Å². The highest BCUT2D eigenvalue weighted by molar-refractivity contribution is 5.33. The van der Waals surface area contributed by atoms with E-state index >= 15 is 0 Å². The molecule has 1 aliphatic rings. The molecular weight excluding hydrogens is 220 g/mol. The Morgan fingerprint density at radius 1 is 1.11 bits per heavy atom. The van der Waals surface area contributed by atoms with Crippen LogP contribution in [0.15, 0.2) is 48.8 Å². The molecule has 0 saturated carbocycles. The normalized spacial score (nSPS) is 16.5. The monoisotopic (exact) mass is 238 g/mol. The zero-order valence-electron chi connectivity index (χ0n) is 10.6. The summed E-state index contributed by atoms with van der Waals surface area (Å²) in [6.07, 6.45) is 6.14. The molecule has 18 heavy (non-hydrogen) atoms. The summed E-state index contributed by atoms with van der Waals surface area (Å²) in [6.45, 7) is 0. The third-order valence-electron chi connectivity index (χ3n) is 3.91. The molecule has 0 fully saturated rings. The van der Waals surface area contributed by atoms with Crippen molar-refractivity contribution in [2.24, 2.45) is 5.92 Å². The van der Waals surface area contributed by atoms with Crippen molar-refractivity contribution in [3.05, 3.63) is 65.5 Å². The van der Waals surface area contributed by atoms with Crippen LogP contribution in [0.1, 0.15) is 22.7 Å². The van der Waals surface area contributed by atoms with Crippen LogP contribution in [0, 0.1) is 5.92 Å². The van der Waals surface area contributed by atoms with Crippen LogP contribution in [0.25, 0.3) is 0 Å². The van der Waals surface area contributed by atoms with Crippen molar-refractivity contribution in [2.75, 3.05) is 7.05 Å². The Morgan fingerprint density at radius 3 is 2.39 bits per heavy atom. The highest BCUT2D eigenvalue weighted by atomic mass is 14.9. The Bertz CT molecular complexity index is 497. The molecule has 0 bridgehead atoms. The summed E-state index contributed by atoms with van der Waals surface area (Å²) in [5.41, 5.74) is 4.30. The van der Waals surface area contributed by atoms with Crippen molar-refractivity contribution < 1.29 is 0 Å². The molecule has 1 unspecified atom stereocenters. The molecule has 1 atom stereocenters. The molecule has 0 amide bonds. The van der Waals surface area contributed by atoms with Gasteiger partial charge in [-0.05, 0) is 48.6 Å². The fraction of sp³-hybridized carbons (Fsp3) is 0.312. The lowest BCUT2D eigenvalue weighted by molar-refractivity contribution is 0.396. The number of pyridine rings is 1. The number of benzene rings is 1. The molecule has 1 aromatic heterocycles. The average molecular weight is 238 g/mol. The lowest BCUT2D eigenvalue weighted by Crippen LogP contribution is -2.25. The first-order valence-corrected chi connectivity index (χ1v) is 6.52. The summed E-state index contributed by atoms with van der Waals surface area (Å²) in [7, 11) is 2.04. The first-order valence-electron chi connectivity index (χ1n) is 6.52. The van der Waals surface area contributed by atoms with Crippen LogP contribution in [0.5, 0.6) is 0 Å². The lowest BCUT2D eigenvalue weighted by Gasteiger charge is -2.23. The molecule has 3 rings (SSSR count). The molecule has 92 valence electrons. The summed E-state index contributed by atoms with van der Waals surface area (Å²) in [5.74, 6) is 0.636. The van der Waals surface area contributed by atoms with E-state index in [1.165, 1.54) is 16.7 Å². The van der Waals surface area contributed by atoms with Gasteiger partial charge in [-0.1, -0.05) is 30.3 Å². The molecule has 2 aromatic rings. The number of hydrogen-bond acceptors (Lipinski definition) is 2. The van der Waals surface area contributed by atoms with E-state index in [0.717, 1.165) is 12.8 Å². The van der Waals surface area contributed by atoms with Gasteiger partial charge in [0, 0.05) is 18.4 Å². The van der Waals surface area contributed by atoms with Gasteiger partial charge in [0.25, 0.3) is 0 Å². The van der Waals surface area contributed by atoms with Gasteiger partial charge in [-0.3, -0.25) is 4.98 Å². The molecule has 1 aromatic carbocycles. The van der Waals surface area contributed by atoms with E-state index in [4.69, 9.17) is 0 Å². The van der Waals surface area contributed by atoms with E-state index < -0.39 is 0 Å². The number of nitrogens with one attached hydrogen (secondary N) is 1. The summed E-state index contributed by atoms with van der Waals surface area (Å²) in [4.78, 5) is 4.23. The Balaban J connectivity index is 1.84. The fourth-order valence-electron chi connectivity index (χ4n) is 3.06. The second-order valence-electron chi connectivity index (χ2n) is 4.99. The second-order valence-corrected chi connectivity index (χ2v) is 4.99. The summed E-state index contributed by atoms with van der Waals surface area (Å²) >= 11 is 0. The maximum atomic E-state index is 4.23. The SMILES string of the molecule is CNC(c1cccnc1)C1Cc2ccccc2C1. The van der Waals surface area contributed by atoms with Crippen molar-refractivity contribution in [1.82, 2.24) is 10.3 Å². The van der Waals surface area contributed by atoms with Crippen molar-refractivity contribution in [3.63, 3.8) is 0 Å². The lowest BCUT2D eigenvalue weighted by atomic mass is 9.91. The van der Waals surface area contributed by atoms with E-state index in [1.54, 1.807) is 0 Å². The van der Waals surface area contributed by atoms with Gasteiger partial charge in [0.05, 0.1) is 0 Å². The minimum Gasteiger partial charge on any atom is -0.313 e. The van der Waals surface area contributed by atoms with Crippen LogP contribution < -0.4 is 5.32 Å². The molecule has 2 heteroatoms. The first-order chi connectivity index (χ1) is 8.88. The van der Waals surface area contributed by atoms with Gasteiger partial charge < -0.3 is 5.32 Å². The van der Waals surface area contributed by atoms with Crippen LogP contribution >= 0.6 is 0 Å². The van der Waals surface area contributed by atoms with E-state index in [0.29, 0.717) is 12.0 Å². The van der Waals surface area contributed by atoms with Crippen LogP contribution in [0.3, 0.4) is 0 Å². The van der Waals surface area contributed by atoms with Gasteiger partial charge in [0.15, 0.2) is 0 Å². The van der Waals surface area contributed by atoms with Crippen molar-refractivity contribution in [2.45, 2.75) is 18.9 Å². The van der Waals surface area contributed by atoms with Crippen molar-refractivity contribution in [3.8, 4) is 0 Å². The van der Waals surface area contributed by atoms with Crippen LogP contribution in [-0.4, -0.2) is 12.0 Å². The Labute approximate surface area is 108 Å². The standard InChI is InChI=1S/C16H18N2/c1-17-16(14-7-4-8-18-11-14)15-9-12-5-2-3-6-13(12)10-15/h2-8,11,15-17H,9-10H2,1H3. The zero-order chi connectivity index (χ0) is 12.4. The maximum absolute atomic E-state index is 4.23. The largest absolute Gasteiger partial charge is 0.313 e. The minimum absolute atomic E-state index is 0.395. The molecule has 1 aliphatic carbocycles. The zero-order valence-corrected chi connectivity index (χ0v) is 10.6. The average Bonchev–Trinajstić information content (AvgIpc) is 2.84. The molecule has 0 radical (unpaired) electrons. The molecule has 0 aliphatic heterocycles. The summed E-state index contributed by atoms with van der Waals surface area (Å²) in [5, 5.41) is 3.46. The third kappa shape index (κ3) is 2.04. The van der Waals surface area contributed by atoms with Crippen LogP contribution in [-0.2, 0) is 12.8 Å². The highest BCUT2D eigenvalue weighted by Gasteiger charge is 2.28. The van der Waals surface area contributed by atoms with E-state index in [-0.39, 0.29) is 0 Å².